The molecule has 0 radical (unpaired) electrons. The summed E-state index contributed by atoms with van der Waals surface area (Å²) in [7, 11) is 0. The van der Waals surface area contributed by atoms with Crippen molar-refractivity contribution < 1.29 is 4.74 Å². The van der Waals surface area contributed by atoms with Gasteiger partial charge in [0.1, 0.15) is 5.82 Å². The third-order valence-corrected chi connectivity index (χ3v) is 5.07. The predicted octanol–water partition coefficient (Wildman–Crippen LogP) is 3.07. The number of nitrogens with one attached hydrogen (secondary N) is 1. The summed E-state index contributed by atoms with van der Waals surface area (Å²) in [6.07, 6.45) is 0. The van der Waals surface area contributed by atoms with Crippen molar-refractivity contribution in [3.05, 3.63) is 47.3 Å². The lowest BCUT2D eigenvalue weighted by Crippen LogP contribution is -2.39. The van der Waals surface area contributed by atoms with Crippen molar-refractivity contribution in [2.24, 2.45) is 0 Å². The molecule has 0 atom stereocenters. The highest BCUT2D eigenvalue weighted by atomic mass is 16.5. The van der Waals surface area contributed by atoms with Crippen LogP contribution in [0.2, 0.25) is 0 Å². The van der Waals surface area contributed by atoms with Gasteiger partial charge in [0.05, 0.1) is 18.9 Å². The predicted molar refractivity (Wildman–Crippen MR) is 108 cm³/mol. The van der Waals surface area contributed by atoms with Gasteiger partial charge < -0.3 is 10.1 Å². The van der Waals surface area contributed by atoms with Crippen LogP contribution >= 0.6 is 0 Å². The summed E-state index contributed by atoms with van der Waals surface area (Å²) in [5.41, 5.74) is 6.41. The van der Waals surface area contributed by atoms with Crippen LogP contribution < -0.4 is 5.32 Å². The Morgan fingerprint density at radius 2 is 1.81 bits per heavy atom. The van der Waals surface area contributed by atoms with Gasteiger partial charge in [-0.05, 0) is 26.3 Å². The van der Waals surface area contributed by atoms with Gasteiger partial charge in [-0.3, -0.25) is 4.90 Å². The number of hydrogen-bond acceptors (Lipinski definition) is 5. The summed E-state index contributed by atoms with van der Waals surface area (Å²) < 4.78 is 7.36. The fourth-order valence-corrected chi connectivity index (χ4v) is 3.60. The highest BCUT2D eigenvalue weighted by Gasteiger charge is 2.16. The van der Waals surface area contributed by atoms with Crippen LogP contribution in [0.4, 0.5) is 5.82 Å². The van der Waals surface area contributed by atoms with Crippen LogP contribution in [0.25, 0.3) is 16.8 Å². The molecule has 1 aromatic carbocycles. The number of aromatic nitrogens is 3. The van der Waals surface area contributed by atoms with E-state index in [0.29, 0.717) is 0 Å². The molecule has 1 N–H and O–H groups in total. The van der Waals surface area contributed by atoms with Crippen molar-refractivity contribution >= 4 is 11.5 Å². The second kappa shape index (κ2) is 7.66. The van der Waals surface area contributed by atoms with Crippen LogP contribution in [0.5, 0.6) is 0 Å². The maximum absolute atomic E-state index is 5.42. The number of aryl methyl sites for hydroxylation is 3. The van der Waals surface area contributed by atoms with Crippen LogP contribution in [0.1, 0.15) is 17.0 Å². The molecule has 0 spiro atoms. The number of morpholine rings is 1. The monoisotopic (exact) mass is 365 g/mol. The number of anilines is 1. The molecule has 3 aromatic rings. The highest BCUT2D eigenvalue weighted by Crippen LogP contribution is 2.29. The van der Waals surface area contributed by atoms with Crippen molar-refractivity contribution in [2.75, 3.05) is 44.7 Å². The van der Waals surface area contributed by atoms with Crippen molar-refractivity contribution in [3.8, 4) is 11.1 Å². The molecule has 1 fully saturated rings. The summed E-state index contributed by atoms with van der Waals surface area (Å²) in [6.45, 7) is 11.7. The lowest BCUT2D eigenvalue weighted by molar-refractivity contribution is 0.0398. The fraction of sp³-hybridized carbons (Fsp3) is 0.429. The maximum Gasteiger partial charge on any atom is 0.165 e. The second-order valence-electron chi connectivity index (χ2n) is 7.23. The van der Waals surface area contributed by atoms with Gasteiger partial charge in [0, 0.05) is 43.5 Å². The van der Waals surface area contributed by atoms with Gasteiger partial charge >= 0.3 is 0 Å². The van der Waals surface area contributed by atoms with Gasteiger partial charge in [0.25, 0.3) is 0 Å². The first kappa shape index (κ1) is 17.9. The van der Waals surface area contributed by atoms with Gasteiger partial charge in [-0.25, -0.2) is 4.98 Å². The molecule has 1 aliphatic heterocycles. The molecule has 0 aliphatic carbocycles. The van der Waals surface area contributed by atoms with Crippen LogP contribution in [-0.2, 0) is 4.74 Å². The van der Waals surface area contributed by atoms with Crippen LogP contribution in [0, 0.1) is 20.8 Å². The first-order valence-corrected chi connectivity index (χ1v) is 9.60. The van der Waals surface area contributed by atoms with Crippen molar-refractivity contribution in [2.45, 2.75) is 20.8 Å². The Kier molecular flexibility index (Phi) is 5.09. The summed E-state index contributed by atoms with van der Waals surface area (Å²) in [5, 5.41) is 8.33. The highest BCUT2D eigenvalue weighted by molar-refractivity contribution is 5.81. The summed E-state index contributed by atoms with van der Waals surface area (Å²) >= 11 is 0. The molecule has 6 nitrogen and oxygen atoms in total. The molecule has 1 aliphatic rings. The van der Waals surface area contributed by atoms with E-state index in [9.17, 15) is 0 Å². The summed E-state index contributed by atoms with van der Waals surface area (Å²) in [5.74, 6) is 0.993. The van der Waals surface area contributed by atoms with E-state index in [1.807, 2.05) is 11.4 Å². The standard InChI is InChI=1S/C21H27N5O/c1-15-4-6-18(7-5-15)20-17(3)24-26-19(14-16(2)23-21(20)26)22-8-9-25-10-12-27-13-11-25/h4-7,14,22H,8-13H2,1-3H3. The SMILES string of the molecule is Cc1ccc(-c2c(C)nn3c(NCCN4CCOCC4)cc(C)nc23)cc1. The summed E-state index contributed by atoms with van der Waals surface area (Å²) in [4.78, 5) is 7.21. The average molecular weight is 365 g/mol. The molecular weight excluding hydrogens is 338 g/mol. The van der Waals surface area contributed by atoms with Crippen molar-refractivity contribution in [3.63, 3.8) is 0 Å². The third kappa shape index (κ3) is 3.82. The van der Waals surface area contributed by atoms with E-state index in [2.05, 4.69) is 54.4 Å². The quantitative estimate of drug-likeness (QED) is 0.753. The Labute approximate surface area is 160 Å². The van der Waals surface area contributed by atoms with Crippen molar-refractivity contribution in [1.82, 2.24) is 19.5 Å². The van der Waals surface area contributed by atoms with E-state index in [-0.39, 0.29) is 0 Å². The smallest absolute Gasteiger partial charge is 0.165 e. The molecule has 6 heteroatoms. The third-order valence-electron chi connectivity index (χ3n) is 5.07. The number of benzene rings is 1. The largest absolute Gasteiger partial charge is 0.379 e. The molecule has 2 aromatic heterocycles. The van der Waals surface area contributed by atoms with Gasteiger partial charge in [-0.15, -0.1) is 0 Å². The minimum atomic E-state index is 0.830. The van der Waals surface area contributed by atoms with Gasteiger partial charge in [0.2, 0.25) is 0 Å². The lowest BCUT2D eigenvalue weighted by Gasteiger charge is -2.26. The molecule has 3 heterocycles. The van der Waals surface area contributed by atoms with E-state index in [4.69, 9.17) is 14.8 Å². The Balaban J connectivity index is 1.62. The lowest BCUT2D eigenvalue weighted by atomic mass is 10.0. The molecular formula is C21H27N5O. The number of hydrogen-bond donors (Lipinski definition) is 1. The molecule has 0 amide bonds. The van der Waals surface area contributed by atoms with E-state index >= 15 is 0 Å². The van der Waals surface area contributed by atoms with Crippen molar-refractivity contribution in [1.29, 1.82) is 0 Å². The Morgan fingerprint density at radius 1 is 1.07 bits per heavy atom. The van der Waals surface area contributed by atoms with E-state index in [1.54, 1.807) is 0 Å². The van der Waals surface area contributed by atoms with Gasteiger partial charge in [-0.2, -0.15) is 9.61 Å². The summed E-state index contributed by atoms with van der Waals surface area (Å²) in [6, 6.07) is 10.6. The Morgan fingerprint density at radius 3 is 2.56 bits per heavy atom. The van der Waals surface area contributed by atoms with Gasteiger partial charge in [0.15, 0.2) is 5.65 Å². The molecule has 4 rings (SSSR count). The van der Waals surface area contributed by atoms with Gasteiger partial charge in [-0.1, -0.05) is 29.8 Å². The minimum Gasteiger partial charge on any atom is -0.379 e. The zero-order chi connectivity index (χ0) is 18.8. The second-order valence-corrected chi connectivity index (χ2v) is 7.23. The number of rotatable bonds is 5. The topological polar surface area (TPSA) is 54.7 Å². The zero-order valence-corrected chi connectivity index (χ0v) is 16.3. The Hall–Kier alpha value is -2.44. The number of ether oxygens (including phenoxy) is 1. The Bertz CT molecular complexity index is 926. The molecule has 0 saturated carbocycles. The average Bonchev–Trinajstić information content (AvgIpc) is 2.99. The first-order chi connectivity index (χ1) is 13.1. The molecule has 0 bridgehead atoms. The molecule has 142 valence electrons. The van der Waals surface area contributed by atoms with Crippen LogP contribution in [0.15, 0.2) is 30.3 Å². The maximum atomic E-state index is 5.42. The van der Waals surface area contributed by atoms with Crippen LogP contribution in [-0.4, -0.2) is 58.9 Å². The number of nitrogens with zero attached hydrogens (tertiary/aromatic N) is 4. The minimum absolute atomic E-state index is 0.830. The fourth-order valence-electron chi connectivity index (χ4n) is 3.60. The van der Waals surface area contributed by atoms with E-state index in [1.165, 1.54) is 5.56 Å². The number of fused-ring (bicyclic) bond motifs is 1. The molecule has 1 saturated heterocycles. The van der Waals surface area contributed by atoms with E-state index < -0.39 is 0 Å². The normalized spacial score (nSPS) is 15.4. The zero-order valence-electron chi connectivity index (χ0n) is 16.3. The first-order valence-electron chi connectivity index (χ1n) is 9.60. The van der Waals surface area contributed by atoms with E-state index in [0.717, 1.165) is 73.4 Å². The van der Waals surface area contributed by atoms with Crippen LogP contribution in [0.3, 0.4) is 0 Å². The molecule has 0 unspecified atom stereocenters. The molecule has 27 heavy (non-hydrogen) atoms.